The molecule has 1 unspecified atom stereocenters. The van der Waals surface area contributed by atoms with Gasteiger partial charge in [0, 0.05) is 12.0 Å². The first-order valence-electron chi connectivity index (χ1n) is 5.08. The second-order valence-electron chi connectivity index (χ2n) is 3.59. The van der Waals surface area contributed by atoms with Crippen LogP contribution in [0, 0.1) is 0 Å². The van der Waals surface area contributed by atoms with Crippen LogP contribution in [0.15, 0.2) is 24.3 Å². The summed E-state index contributed by atoms with van der Waals surface area (Å²) in [6.07, 6.45) is 0.975. The molecule has 0 bridgehead atoms. The van der Waals surface area contributed by atoms with E-state index in [1.165, 1.54) is 0 Å². The van der Waals surface area contributed by atoms with E-state index in [0.717, 1.165) is 6.29 Å². The number of rotatable bonds is 6. The minimum Gasteiger partial charge on any atom is -0.481 e. The molecule has 1 aromatic carbocycles. The third-order valence-corrected chi connectivity index (χ3v) is 2.33. The second-order valence-corrected chi connectivity index (χ2v) is 3.59. The molecule has 4 nitrogen and oxygen atoms in total. The Hall–Kier alpha value is -1.68. The summed E-state index contributed by atoms with van der Waals surface area (Å²) in [6, 6.07) is 6.61. The predicted octanol–water partition coefficient (Wildman–Crippen LogP) is 1.79. The van der Waals surface area contributed by atoms with E-state index in [0.29, 0.717) is 24.0 Å². The monoisotopic (exact) mass is 222 g/mol. The van der Waals surface area contributed by atoms with E-state index in [2.05, 4.69) is 0 Å². The number of carboxylic acid groups (broad SMARTS) is 1. The van der Waals surface area contributed by atoms with Crippen molar-refractivity contribution in [3.8, 4) is 0 Å². The number of carboxylic acids is 1. The molecule has 16 heavy (non-hydrogen) atoms. The van der Waals surface area contributed by atoms with Crippen molar-refractivity contribution >= 4 is 12.3 Å². The minimum atomic E-state index is -0.858. The zero-order valence-corrected chi connectivity index (χ0v) is 8.80. The highest BCUT2D eigenvalue weighted by atomic mass is 16.4. The molecule has 2 N–H and O–H groups in total. The van der Waals surface area contributed by atoms with Crippen molar-refractivity contribution < 1.29 is 19.8 Å². The summed E-state index contributed by atoms with van der Waals surface area (Å²) in [5.41, 5.74) is 1.26. The van der Waals surface area contributed by atoms with Gasteiger partial charge in [0.15, 0.2) is 0 Å². The van der Waals surface area contributed by atoms with Gasteiger partial charge in [-0.2, -0.15) is 0 Å². The highest BCUT2D eigenvalue weighted by Gasteiger charge is 2.08. The number of hydrogen-bond donors (Lipinski definition) is 2. The maximum absolute atomic E-state index is 10.4. The maximum atomic E-state index is 10.4. The lowest BCUT2D eigenvalue weighted by Gasteiger charge is -2.09. The molecule has 1 aromatic rings. The molecule has 4 heteroatoms. The van der Waals surface area contributed by atoms with Gasteiger partial charge in [0.25, 0.3) is 0 Å². The van der Waals surface area contributed by atoms with Crippen LogP contribution in [-0.4, -0.2) is 22.5 Å². The van der Waals surface area contributed by atoms with Crippen molar-refractivity contribution in [1.82, 2.24) is 0 Å². The Balaban J connectivity index is 2.48. The van der Waals surface area contributed by atoms with Crippen molar-refractivity contribution in [3.63, 3.8) is 0 Å². The van der Waals surface area contributed by atoms with Gasteiger partial charge in [0.05, 0.1) is 6.10 Å². The normalized spacial score (nSPS) is 12.1. The third kappa shape index (κ3) is 3.82. The van der Waals surface area contributed by atoms with Crippen LogP contribution < -0.4 is 0 Å². The number of carbonyl (C=O) groups excluding carboxylic acids is 1. The highest BCUT2D eigenvalue weighted by Crippen LogP contribution is 2.19. The molecule has 0 fully saturated rings. The van der Waals surface area contributed by atoms with Gasteiger partial charge >= 0.3 is 5.97 Å². The van der Waals surface area contributed by atoms with E-state index in [1.54, 1.807) is 24.3 Å². The molecule has 0 amide bonds. The molecular weight excluding hydrogens is 208 g/mol. The SMILES string of the molecule is O=Cc1ccc(C(O)CCCC(=O)O)cc1. The number of aliphatic hydroxyl groups is 1. The zero-order chi connectivity index (χ0) is 12.0. The summed E-state index contributed by atoms with van der Waals surface area (Å²) in [5.74, 6) is -0.858. The van der Waals surface area contributed by atoms with Crippen LogP contribution in [0.5, 0.6) is 0 Å². The van der Waals surface area contributed by atoms with Crippen LogP contribution >= 0.6 is 0 Å². The standard InChI is InChI=1S/C12H14O4/c13-8-9-4-6-10(7-5-9)11(14)2-1-3-12(15)16/h4-8,11,14H,1-3H2,(H,15,16). The van der Waals surface area contributed by atoms with Gasteiger partial charge in [-0.1, -0.05) is 24.3 Å². The lowest BCUT2D eigenvalue weighted by atomic mass is 10.0. The van der Waals surface area contributed by atoms with Crippen LogP contribution in [-0.2, 0) is 4.79 Å². The van der Waals surface area contributed by atoms with Gasteiger partial charge in [-0.05, 0) is 18.4 Å². The van der Waals surface area contributed by atoms with Crippen LogP contribution in [0.25, 0.3) is 0 Å². The van der Waals surface area contributed by atoms with Gasteiger partial charge in [-0.25, -0.2) is 0 Å². The largest absolute Gasteiger partial charge is 0.481 e. The lowest BCUT2D eigenvalue weighted by Crippen LogP contribution is -2.00. The molecule has 0 aliphatic carbocycles. The van der Waals surface area contributed by atoms with Gasteiger partial charge in [-0.15, -0.1) is 0 Å². The molecular formula is C12H14O4. The van der Waals surface area contributed by atoms with E-state index in [9.17, 15) is 14.7 Å². The van der Waals surface area contributed by atoms with E-state index in [1.807, 2.05) is 0 Å². The molecule has 0 radical (unpaired) electrons. The molecule has 1 atom stereocenters. The lowest BCUT2D eigenvalue weighted by molar-refractivity contribution is -0.137. The molecule has 0 aliphatic rings. The van der Waals surface area contributed by atoms with Crippen LogP contribution in [0.1, 0.15) is 41.3 Å². The predicted molar refractivity (Wildman–Crippen MR) is 58.3 cm³/mol. The van der Waals surface area contributed by atoms with Crippen LogP contribution in [0.2, 0.25) is 0 Å². The Morgan fingerprint density at radius 3 is 2.44 bits per heavy atom. The van der Waals surface area contributed by atoms with Crippen molar-refractivity contribution in [2.75, 3.05) is 0 Å². The number of aliphatic hydroxyl groups excluding tert-OH is 1. The first-order valence-corrected chi connectivity index (χ1v) is 5.08. The fraction of sp³-hybridized carbons (Fsp3) is 0.333. The van der Waals surface area contributed by atoms with Crippen LogP contribution in [0.4, 0.5) is 0 Å². The van der Waals surface area contributed by atoms with E-state index >= 15 is 0 Å². The quantitative estimate of drug-likeness (QED) is 0.719. The van der Waals surface area contributed by atoms with Gasteiger partial charge < -0.3 is 10.2 Å². The molecule has 0 aliphatic heterocycles. The Bertz CT molecular complexity index is 356. The van der Waals surface area contributed by atoms with Crippen molar-refractivity contribution in [3.05, 3.63) is 35.4 Å². The Labute approximate surface area is 93.5 Å². The number of benzene rings is 1. The first kappa shape index (κ1) is 12.4. The van der Waals surface area contributed by atoms with E-state index in [-0.39, 0.29) is 6.42 Å². The fourth-order valence-electron chi connectivity index (χ4n) is 1.41. The maximum Gasteiger partial charge on any atom is 0.303 e. The summed E-state index contributed by atoms with van der Waals surface area (Å²) in [5, 5.41) is 18.2. The van der Waals surface area contributed by atoms with Crippen molar-refractivity contribution in [2.45, 2.75) is 25.4 Å². The second kappa shape index (κ2) is 6.02. The molecule has 0 saturated heterocycles. The Morgan fingerprint density at radius 2 is 1.94 bits per heavy atom. The zero-order valence-electron chi connectivity index (χ0n) is 8.80. The smallest absolute Gasteiger partial charge is 0.303 e. The molecule has 0 saturated carbocycles. The average Bonchev–Trinajstić information content (AvgIpc) is 2.28. The number of carbonyl (C=O) groups is 2. The summed E-state index contributed by atoms with van der Waals surface area (Å²) in [6.45, 7) is 0. The summed E-state index contributed by atoms with van der Waals surface area (Å²) >= 11 is 0. The van der Waals surface area contributed by atoms with E-state index in [4.69, 9.17) is 5.11 Å². The summed E-state index contributed by atoms with van der Waals surface area (Å²) in [4.78, 5) is 20.7. The third-order valence-electron chi connectivity index (χ3n) is 2.33. The number of aliphatic carboxylic acids is 1. The topological polar surface area (TPSA) is 74.6 Å². The molecule has 1 rings (SSSR count). The molecule has 0 heterocycles. The Kier molecular flexibility index (Phi) is 4.66. The van der Waals surface area contributed by atoms with Crippen molar-refractivity contribution in [1.29, 1.82) is 0 Å². The summed E-state index contributed by atoms with van der Waals surface area (Å²) in [7, 11) is 0. The molecule has 0 aromatic heterocycles. The first-order chi connectivity index (χ1) is 7.63. The van der Waals surface area contributed by atoms with Gasteiger partial charge in [0.2, 0.25) is 0 Å². The van der Waals surface area contributed by atoms with Crippen LogP contribution in [0.3, 0.4) is 0 Å². The van der Waals surface area contributed by atoms with Gasteiger partial charge in [0.1, 0.15) is 6.29 Å². The number of aldehydes is 1. The summed E-state index contributed by atoms with van der Waals surface area (Å²) < 4.78 is 0. The molecule has 0 spiro atoms. The van der Waals surface area contributed by atoms with Gasteiger partial charge in [-0.3, -0.25) is 9.59 Å². The highest BCUT2D eigenvalue weighted by molar-refractivity contribution is 5.74. The van der Waals surface area contributed by atoms with E-state index < -0.39 is 12.1 Å². The van der Waals surface area contributed by atoms with Crippen molar-refractivity contribution in [2.24, 2.45) is 0 Å². The number of hydrogen-bond acceptors (Lipinski definition) is 3. The average molecular weight is 222 g/mol. The Morgan fingerprint density at radius 1 is 1.31 bits per heavy atom. The minimum absolute atomic E-state index is 0.0590. The fourth-order valence-corrected chi connectivity index (χ4v) is 1.41. The molecule has 86 valence electrons.